The third kappa shape index (κ3) is 4.62. The summed E-state index contributed by atoms with van der Waals surface area (Å²) in [5.74, 6) is 0.778. The number of anilines is 1. The Kier molecular flexibility index (Phi) is 4.54. The first-order chi connectivity index (χ1) is 7.03. The van der Waals surface area contributed by atoms with Gasteiger partial charge in [0.1, 0.15) is 10.4 Å². The van der Waals surface area contributed by atoms with Crippen LogP contribution in [0.25, 0.3) is 0 Å². The molecule has 1 aromatic heterocycles. The highest BCUT2D eigenvalue weighted by atomic mass is 79.9. The number of hydrogen-bond donors (Lipinski definition) is 2. The molecule has 2 N–H and O–H groups in total. The van der Waals surface area contributed by atoms with E-state index in [-0.39, 0.29) is 0 Å². The normalized spacial score (nSPS) is 14.7. The molecule has 0 bridgehead atoms. The van der Waals surface area contributed by atoms with Gasteiger partial charge in [0.05, 0.1) is 5.60 Å². The van der Waals surface area contributed by atoms with Gasteiger partial charge in [-0.25, -0.2) is 4.98 Å². The SMILES string of the molecule is CCCC(C)(O)CNc1cccc(Br)n1. The Morgan fingerprint density at radius 3 is 2.87 bits per heavy atom. The zero-order chi connectivity index (χ0) is 11.3. The molecule has 1 atom stereocenters. The van der Waals surface area contributed by atoms with Crippen LogP contribution in [0.1, 0.15) is 26.7 Å². The highest BCUT2D eigenvalue weighted by Crippen LogP contribution is 2.14. The Morgan fingerprint density at radius 1 is 1.53 bits per heavy atom. The summed E-state index contributed by atoms with van der Waals surface area (Å²) in [6, 6.07) is 5.66. The zero-order valence-electron chi connectivity index (χ0n) is 9.13. The lowest BCUT2D eigenvalue weighted by atomic mass is 10.0. The highest BCUT2D eigenvalue weighted by molar-refractivity contribution is 9.10. The summed E-state index contributed by atoms with van der Waals surface area (Å²) in [6.45, 7) is 4.41. The van der Waals surface area contributed by atoms with Crippen LogP contribution < -0.4 is 5.32 Å². The molecule has 1 heterocycles. The van der Waals surface area contributed by atoms with Gasteiger partial charge in [0.2, 0.25) is 0 Å². The molecule has 1 unspecified atom stereocenters. The lowest BCUT2D eigenvalue weighted by Crippen LogP contribution is -2.33. The van der Waals surface area contributed by atoms with Gasteiger partial charge in [-0.3, -0.25) is 0 Å². The van der Waals surface area contributed by atoms with Crippen LogP contribution in [0.15, 0.2) is 22.8 Å². The van der Waals surface area contributed by atoms with Crippen LogP contribution in [-0.4, -0.2) is 22.2 Å². The Morgan fingerprint density at radius 2 is 2.27 bits per heavy atom. The summed E-state index contributed by atoms with van der Waals surface area (Å²) in [7, 11) is 0. The van der Waals surface area contributed by atoms with Gasteiger partial charge in [-0.15, -0.1) is 0 Å². The lowest BCUT2D eigenvalue weighted by Gasteiger charge is -2.23. The maximum atomic E-state index is 9.94. The van der Waals surface area contributed by atoms with Gasteiger partial charge in [-0.1, -0.05) is 19.4 Å². The monoisotopic (exact) mass is 272 g/mol. The largest absolute Gasteiger partial charge is 0.388 e. The third-order valence-corrected chi connectivity index (χ3v) is 2.60. The van der Waals surface area contributed by atoms with E-state index in [4.69, 9.17) is 0 Å². The predicted octanol–water partition coefficient (Wildman–Crippen LogP) is 2.81. The van der Waals surface area contributed by atoms with Crippen LogP contribution in [-0.2, 0) is 0 Å². The first-order valence-electron chi connectivity index (χ1n) is 5.12. The van der Waals surface area contributed by atoms with E-state index in [9.17, 15) is 5.11 Å². The summed E-state index contributed by atoms with van der Waals surface area (Å²) in [5.41, 5.74) is -0.668. The fourth-order valence-electron chi connectivity index (χ4n) is 1.41. The number of nitrogens with one attached hydrogen (secondary N) is 1. The lowest BCUT2D eigenvalue weighted by molar-refractivity contribution is 0.0636. The van der Waals surface area contributed by atoms with Crippen LogP contribution in [0.5, 0.6) is 0 Å². The summed E-state index contributed by atoms with van der Waals surface area (Å²) < 4.78 is 0.794. The summed E-state index contributed by atoms with van der Waals surface area (Å²) in [5, 5.41) is 13.1. The van der Waals surface area contributed by atoms with E-state index in [1.54, 1.807) is 0 Å². The molecule has 0 aliphatic rings. The number of aromatic nitrogens is 1. The minimum Gasteiger partial charge on any atom is -0.388 e. The van der Waals surface area contributed by atoms with Gasteiger partial charge in [0.25, 0.3) is 0 Å². The van der Waals surface area contributed by atoms with Crippen LogP contribution in [0, 0.1) is 0 Å². The van der Waals surface area contributed by atoms with Gasteiger partial charge in [-0.05, 0) is 41.4 Å². The number of rotatable bonds is 5. The maximum absolute atomic E-state index is 9.94. The zero-order valence-corrected chi connectivity index (χ0v) is 10.7. The van der Waals surface area contributed by atoms with Crippen molar-refractivity contribution in [1.29, 1.82) is 0 Å². The van der Waals surface area contributed by atoms with Crippen molar-refractivity contribution in [2.45, 2.75) is 32.3 Å². The molecule has 0 radical (unpaired) electrons. The molecule has 0 aromatic carbocycles. The van der Waals surface area contributed by atoms with E-state index in [1.807, 2.05) is 25.1 Å². The van der Waals surface area contributed by atoms with Crippen LogP contribution in [0.3, 0.4) is 0 Å². The fraction of sp³-hybridized carbons (Fsp3) is 0.545. The van der Waals surface area contributed by atoms with Crippen LogP contribution >= 0.6 is 15.9 Å². The molecule has 1 rings (SSSR count). The van der Waals surface area contributed by atoms with Crippen molar-refractivity contribution >= 4 is 21.7 Å². The van der Waals surface area contributed by atoms with Crippen molar-refractivity contribution in [3.05, 3.63) is 22.8 Å². The number of pyridine rings is 1. The minimum absolute atomic E-state index is 0.518. The second kappa shape index (κ2) is 5.47. The molecule has 0 amide bonds. The van der Waals surface area contributed by atoms with E-state index in [2.05, 4.69) is 33.2 Å². The fourth-order valence-corrected chi connectivity index (χ4v) is 1.76. The highest BCUT2D eigenvalue weighted by Gasteiger charge is 2.18. The van der Waals surface area contributed by atoms with Gasteiger partial charge >= 0.3 is 0 Å². The van der Waals surface area contributed by atoms with E-state index < -0.39 is 5.60 Å². The Hall–Kier alpha value is -0.610. The van der Waals surface area contributed by atoms with Crippen LogP contribution in [0.4, 0.5) is 5.82 Å². The number of hydrogen-bond acceptors (Lipinski definition) is 3. The first-order valence-corrected chi connectivity index (χ1v) is 5.91. The van der Waals surface area contributed by atoms with Crippen molar-refractivity contribution in [3.63, 3.8) is 0 Å². The summed E-state index contributed by atoms with van der Waals surface area (Å²) >= 11 is 3.30. The maximum Gasteiger partial charge on any atom is 0.127 e. The molecular weight excluding hydrogens is 256 g/mol. The predicted molar refractivity (Wildman–Crippen MR) is 66.0 cm³/mol. The second-order valence-electron chi connectivity index (χ2n) is 3.95. The van der Waals surface area contributed by atoms with E-state index >= 15 is 0 Å². The number of nitrogens with zero attached hydrogens (tertiary/aromatic N) is 1. The molecule has 0 fully saturated rings. The topological polar surface area (TPSA) is 45.1 Å². The molecule has 15 heavy (non-hydrogen) atoms. The van der Waals surface area contributed by atoms with Crippen molar-refractivity contribution in [2.75, 3.05) is 11.9 Å². The molecular formula is C11H17BrN2O. The summed E-state index contributed by atoms with van der Waals surface area (Å²) in [4.78, 5) is 4.23. The Labute approximate surface area is 99.1 Å². The second-order valence-corrected chi connectivity index (χ2v) is 4.76. The molecule has 0 spiro atoms. The molecule has 3 nitrogen and oxygen atoms in total. The van der Waals surface area contributed by atoms with E-state index in [0.717, 1.165) is 23.3 Å². The van der Waals surface area contributed by atoms with Gasteiger partial charge in [0, 0.05) is 6.54 Å². The third-order valence-electron chi connectivity index (χ3n) is 2.15. The smallest absolute Gasteiger partial charge is 0.127 e. The van der Waals surface area contributed by atoms with Gasteiger partial charge in [-0.2, -0.15) is 0 Å². The summed E-state index contributed by atoms with van der Waals surface area (Å²) in [6.07, 6.45) is 1.76. The molecule has 1 aromatic rings. The number of aliphatic hydroxyl groups is 1. The van der Waals surface area contributed by atoms with Crippen molar-refractivity contribution in [2.24, 2.45) is 0 Å². The van der Waals surface area contributed by atoms with Crippen LogP contribution in [0.2, 0.25) is 0 Å². The molecule has 0 saturated carbocycles. The quantitative estimate of drug-likeness (QED) is 0.811. The first kappa shape index (κ1) is 12.5. The van der Waals surface area contributed by atoms with Gasteiger partial charge in [0.15, 0.2) is 0 Å². The molecule has 0 saturated heterocycles. The average Bonchev–Trinajstić information content (AvgIpc) is 2.15. The van der Waals surface area contributed by atoms with E-state index in [0.29, 0.717) is 6.54 Å². The molecule has 0 aliphatic carbocycles. The van der Waals surface area contributed by atoms with Crippen molar-refractivity contribution in [1.82, 2.24) is 4.98 Å². The van der Waals surface area contributed by atoms with Crippen molar-refractivity contribution in [3.8, 4) is 0 Å². The van der Waals surface area contributed by atoms with E-state index in [1.165, 1.54) is 0 Å². The van der Waals surface area contributed by atoms with Gasteiger partial charge < -0.3 is 10.4 Å². The molecule has 84 valence electrons. The minimum atomic E-state index is -0.668. The molecule has 0 aliphatic heterocycles. The average molecular weight is 273 g/mol. The van der Waals surface area contributed by atoms with Crippen molar-refractivity contribution < 1.29 is 5.11 Å². The standard InChI is InChI=1S/C11H17BrN2O/c1-3-7-11(2,15)8-13-10-6-4-5-9(12)14-10/h4-6,15H,3,7-8H2,1-2H3,(H,13,14). The Bertz CT molecular complexity index is 315. The Balaban J connectivity index is 2.49. The number of halogens is 1. The molecule has 4 heteroatoms.